The summed E-state index contributed by atoms with van der Waals surface area (Å²) in [7, 11) is 0. The number of hydrogen-bond donors (Lipinski definition) is 2. The van der Waals surface area contributed by atoms with Gasteiger partial charge in [0, 0.05) is 29.9 Å². The molecule has 41 heavy (non-hydrogen) atoms. The first-order chi connectivity index (χ1) is 19.6. The maximum atomic E-state index is 13.8. The Morgan fingerprint density at radius 2 is 1.78 bits per heavy atom. The number of carbonyl (C=O) groups excluding carboxylic acids is 2. The quantitative estimate of drug-likeness (QED) is 0.369. The lowest BCUT2D eigenvalue weighted by Crippen LogP contribution is -2.55. The van der Waals surface area contributed by atoms with Crippen LogP contribution in [0.25, 0.3) is 0 Å². The van der Waals surface area contributed by atoms with Gasteiger partial charge >= 0.3 is 6.18 Å². The zero-order chi connectivity index (χ0) is 29.1. The second kappa shape index (κ2) is 12.3. The largest absolute Gasteiger partial charge is 0.416 e. The number of rotatable bonds is 6. The molecule has 5 rings (SSSR count). The summed E-state index contributed by atoms with van der Waals surface area (Å²) in [6.45, 7) is 1.85. The third-order valence-electron chi connectivity index (χ3n) is 8.50. The number of amides is 2. The van der Waals surface area contributed by atoms with Gasteiger partial charge in [0.1, 0.15) is 0 Å². The van der Waals surface area contributed by atoms with Crippen molar-refractivity contribution in [3.63, 3.8) is 0 Å². The van der Waals surface area contributed by atoms with E-state index in [2.05, 4.69) is 22.8 Å². The number of piperidine rings is 1. The van der Waals surface area contributed by atoms with E-state index in [1.165, 1.54) is 31.9 Å². The van der Waals surface area contributed by atoms with E-state index in [4.69, 9.17) is 11.6 Å². The average Bonchev–Trinajstić information content (AvgIpc) is 3.46. The van der Waals surface area contributed by atoms with Crippen LogP contribution in [0.5, 0.6) is 0 Å². The first kappa shape index (κ1) is 29.2. The molecule has 2 aromatic rings. The Morgan fingerprint density at radius 1 is 1.02 bits per heavy atom. The summed E-state index contributed by atoms with van der Waals surface area (Å²) >= 11 is 6.39. The van der Waals surface area contributed by atoms with Crippen LogP contribution in [0.2, 0.25) is 5.02 Å². The predicted octanol–water partition coefficient (Wildman–Crippen LogP) is 7.52. The Balaban J connectivity index is 1.41. The lowest BCUT2D eigenvalue weighted by molar-refractivity contribution is -0.138. The molecule has 2 fully saturated rings. The number of likely N-dealkylation sites (tertiary alicyclic amines) is 1. The Kier molecular flexibility index (Phi) is 8.78. The summed E-state index contributed by atoms with van der Waals surface area (Å²) < 4.78 is 40.6. The lowest BCUT2D eigenvalue weighted by Gasteiger charge is -2.44. The van der Waals surface area contributed by atoms with E-state index in [9.17, 15) is 22.8 Å². The molecule has 1 aliphatic heterocycles. The molecule has 1 saturated heterocycles. The highest BCUT2D eigenvalue weighted by atomic mass is 35.5. The minimum atomic E-state index is -4.53. The van der Waals surface area contributed by atoms with Crippen LogP contribution in [0.15, 0.2) is 66.4 Å². The molecular weight excluding hydrogens is 551 g/mol. The molecule has 2 N–H and O–H groups in total. The number of alkyl halides is 3. The highest BCUT2D eigenvalue weighted by Crippen LogP contribution is 2.37. The summed E-state index contributed by atoms with van der Waals surface area (Å²) in [5, 5.41) is 6.67. The van der Waals surface area contributed by atoms with Crippen LogP contribution >= 0.6 is 11.6 Å². The van der Waals surface area contributed by atoms with E-state index < -0.39 is 29.6 Å². The van der Waals surface area contributed by atoms with Gasteiger partial charge in [0.15, 0.2) is 0 Å². The molecule has 2 amide bonds. The van der Waals surface area contributed by atoms with Gasteiger partial charge in [-0.3, -0.25) is 9.59 Å². The molecule has 5 nitrogen and oxygen atoms in total. The van der Waals surface area contributed by atoms with Gasteiger partial charge in [0.25, 0.3) is 5.91 Å². The van der Waals surface area contributed by atoms with E-state index in [-0.39, 0.29) is 23.1 Å². The number of benzene rings is 2. The number of allylic oxidation sites excluding steroid dienone is 2. The van der Waals surface area contributed by atoms with Crippen LogP contribution in [-0.2, 0) is 11.0 Å². The predicted molar refractivity (Wildman–Crippen MR) is 155 cm³/mol. The van der Waals surface area contributed by atoms with Crippen molar-refractivity contribution < 1.29 is 22.8 Å². The van der Waals surface area contributed by atoms with Crippen molar-refractivity contribution >= 4 is 29.1 Å². The zero-order valence-electron chi connectivity index (χ0n) is 23.0. The molecule has 3 aliphatic rings. The van der Waals surface area contributed by atoms with Gasteiger partial charge in [-0.15, -0.1) is 0 Å². The summed E-state index contributed by atoms with van der Waals surface area (Å²) in [5.74, 6) is -1.40. The zero-order valence-corrected chi connectivity index (χ0v) is 23.8. The van der Waals surface area contributed by atoms with Gasteiger partial charge in [-0.1, -0.05) is 54.8 Å². The van der Waals surface area contributed by atoms with E-state index in [0.29, 0.717) is 42.4 Å². The molecule has 1 saturated carbocycles. The fraction of sp³-hybridized carbons (Fsp3) is 0.438. The number of hydrogen-bond acceptors (Lipinski definition) is 3. The number of halogens is 4. The van der Waals surface area contributed by atoms with Crippen molar-refractivity contribution in [2.24, 2.45) is 11.8 Å². The highest BCUT2D eigenvalue weighted by Gasteiger charge is 2.43. The summed E-state index contributed by atoms with van der Waals surface area (Å²) in [6, 6.07) is 10.6. The topological polar surface area (TPSA) is 61.4 Å². The highest BCUT2D eigenvalue weighted by molar-refractivity contribution is 6.33. The van der Waals surface area contributed by atoms with Gasteiger partial charge in [-0.2, -0.15) is 13.2 Å². The molecule has 218 valence electrons. The van der Waals surface area contributed by atoms with Crippen LogP contribution in [0, 0.1) is 18.8 Å². The maximum Gasteiger partial charge on any atom is 0.416 e. The minimum Gasteiger partial charge on any atom is -0.383 e. The van der Waals surface area contributed by atoms with E-state index in [1.807, 2.05) is 6.08 Å². The molecule has 2 unspecified atom stereocenters. The Labute approximate surface area is 243 Å². The van der Waals surface area contributed by atoms with Crippen molar-refractivity contribution in [1.82, 2.24) is 10.2 Å². The molecular formula is C32H35ClF3N3O2. The molecule has 0 bridgehead atoms. The van der Waals surface area contributed by atoms with Crippen molar-refractivity contribution in [1.29, 1.82) is 0 Å². The van der Waals surface area contributed by atoms with Gasteiger partial charge in [0.05, 0.1) is 28.1 Å². The number of aryl methyl sites for hydroxylation is 1. The molecule has 2 aromatic carbocycles. The summed E-state index contributed by atoms with van der Waals surface area (Å²) in [4.78, 5) is 29.3. The van der Waals surface area contributed by atoms with Crippen LogP contribution in [-0.4, -0.2) is 35.3 Å². The molecule has 0 aromatic heterocycles. The van der Waals surface area contributed by atoms with Crippen LogP contribution in [0.4, 0.5) is 18.9 Å². The van der Waals surface area contributed by atoms with E-state index >= 15 is 0 Å². The molecule has 3 atom stereocenters. The third-order valence-corrected chi connectivity index (χ3v) is 8.83. The smallest absolute Gasteiger partial charge is 0.383 e. The minimum absolute atomic E-state index is 0.0864. The van der Waals surface area contributed by atoms with Crippen molar-refractivity contribution in [3.05, 3.63) is 88.1 Å². The van der Waals surface area contributed by atoms with Crippen LogP contribution < -0.4 is 10.6 Å². The van der Waals surface area contributed by atoms with Crippen molar-refractivity contribution in [3.8, 4) is 0 Å². The fourth-order valence-electron chi connectivity index (χ4n) is 6.40. The number of anilines is 1. The summed E-state index contributed by atoms with van der Waals surface area (Å²) in [5.41, 5.74) is 0.807. The summed E-state index contributed by atoms with van der Waals surface area (Å²) in [6.07, 6.45) is 8.17. The van der Waals surface area contributed by atoms with Gasteiger partial charge in [0.2, 0.25) is 5.91 Å². The van der Waals surface area contributed by atoms with Crippen molar-refractivity contribution in [2.75, 3.05) is 11.9 Å². The Bertz CT molecular complexity index is 1350. The van der Waals surface area contributed by atoms with Gasteiger partial charge in [-0.05, 0) is 74.9 Å². The van der Waals surface area contributed by atoms with Crippen molar-refractivity contribution in [2.45, 2.75) is 70.1 Å². The van der Waals surface area contributed by atoms with Crippen LogP contribution in [0.3, 0.4) is 0 Å². The number of carbonyl (C=O) groups is 2. The Morgan fingerprint density at radius 3 is 2.46 bits per heavy atom. The maximum absolute atomic E-state index is 13.8. The number of nitrogens with zero attached hydrogens (tertiary/aromatic N) is 1. The SMILES string of the molecule is Cc1ccc(NC(=O)C2CCCN(C(=O)c3ccccc3Cl)[C@H]2C2C=CC(NC3CCCC3)=CC2)cc1C(F)(F)F. The molecule has 2 aliphatic carbocycles. The van der Waals surface area contributed by atoms with E-state index in [0.717, 1.165) is 24.6 Å². The monoisotopic (exact) mass is 585 g/mol. The lowest BCUT2D eigenvalue weighted by atomic mass is 9.77. The first-order valence-electron chi connectivity index (χ1n) is 14.3. The Hall–Kier alpha value is -3.26. The molecule has 9 heteroatoms. The van der Waals surface area contributed by atoms with Gasteiger partial charge < -0.3 is 15.5 Å². The second-order valence-corrected chi connectivity index (χ2v) is 11.7. The van der Waals surface area contributed by atoms with E-state index in [1.54, 1.807) is 29.2 Å². The average molecular weight is 586 g/mol. The van der Waals surface area contributed by atoms with Crippen LogP contribution in [0.1, 0.15) is 66.4 Å². The third kappa shape index (κ3) is 6.64. The normalized spacial score (nSPS) is 23.3. The molecule has 0 spiro atoms. The standard InChI is InChI=1S/C32H35ClF3N3O2/c1-20-12-15-24(19-27(20)32(34,35)36)38-30(40)26-10-6-18-39(31(41)25-9-4-5-11-28(25)33)29(26)21-13-16-23(17-14-21)37-22-7-2-3-8-22/h4-5,9,11-13,15-17,19,21-22,26,29,37H,2-3,6-8,10,14,18H2,1H3,(H,38,40)/t21?,26?,29-/m0/s1. The fourth-order valence-corrected chi connectivity index (χ4v) is 6.62. The molecule has 0 radical (unpaired) electrons. The molecule has 1 heterocycles. The second-order valence-electron chi connectivity index (χ2n) is 11.3. The first-order valence-corrected chi connectivity index (χ1v) is 14.7. The number of nitrogens with one attached hydrogen (secondary N) is 2. The van der Waals surface area contributed by atoms with Gasteiger partial charge in [-0.25, -0.2) is 0 Å².